The largest absolute Gasteiger partial charge is 0.465 e. The van der Waals surface area contributed by atoms with Crippen LogP contribution in [-0.4, -0.2) is 61.3 Å². The van der Waals surface area contributed by atoms with E-state index < -0.39 is 44.3 Å². The Labute approximate surface area is 238 Å². The van der Waals surface area contributed by atoms with Crippen LogP contribution in [0.5, 0.6) is 0 Å². The van der Waals surface area contributed by atoms with Gasteiger partial charge in [0.25, 0.3) is 10.0 Å². The number of carbonyl (C=O) groups excluding carboxylic acids is 1. The van der Waals surface area contributed by atoms with Crippen molar-refractivity contribution in [1.82, 2.24) is 9.88 Å². The lowest BCUT2D eigenvalue weighted by Gasteiger charge is -2.26. The van der Waals surface area contributed by atoms with Crippen LogP contribution in [0.4, 0.5) is 41.2 Å². The molecule has 2 aromatic carbocycles. The number of ether oxygens (including phenoxy) is 1. The summed E-state index contributed by atoms with van der Waals surface area (Å²) in [5, 5.41) is 15.7. The number of hydrogen-bond acceptors (Lipinski definition) is 9. The van der Waals surface area contributed by atoms with E-state index in [0.717, 1.165) is 40.5 Å². The molecule has 40 heavy (non-hydrogen) atoms. The van der Waals surface area contributed by atoms with Crippen LogP contribution in [0.3, 0.4) is 0 Å². The van der Waals surface area contributed by atoms with Gasteiger partial charge in [-0.15, -0.1) is 15.6 Å². The monoisotopic (exact) mass is 617 g/mol. The Morgan fingerprint density at radius 2 is 1.85 bits per heavy atom. The highest BCUT2D eigenvalue weighted by Crippen LogP contribution is 2.35. The number of carboxylic acid groups (broad SMARTS) is 1. The number of nitrogens with one attached hydrogen (secondary N) is 2. The van der Waals surface area contributed by atoms with E-state index in [1.807, 2.05) is 0 Å². The van der Waals surface area contributed by atoms with Crippen molar-refractivity contribution in [3.63, 3.8) is 0 Å². The van der Waals surface area contributed by atoms with Crippen molar-refractivity contribution >= 4 is 68.0 Å². The summed E-state index contributed by atoms with van der Waals surface area (Å²) in [6, 6.07) is 5.25. The van der Waals surface area contributed by atoms with Crippen molar-refractivity contribution in [3.8, 4) is 0 Å². The summed E-state index contributed by atoms with van der Waals surface area (Å²) in [5.74, 6) is -2.12. The molecule has 0 spiro atoms. The zero-order chi connectivity index (χ0) is 29.8. The Bertz CT molecular complexity index is 1500. The molecule has 2 amide bonds. The molecule has 216 valence electrons. The molecule has 0 unspecified atom stereocenters. The fourth-order valence-electron chi connectivity index (χ4n) is 3.22. The highest BCUT2D eigenvalue weighted by Gasteiger charge is 2.38. The van der Waals surface area contributed by atoms with Crippen LogP contribution in [0.1, 0.15) is 20.8 Å². The summed E-state index contributed by atoms with van der Waals surface area (Å²) in [6.07, 6.45) is -2.43. The number of nitrogens with zero attached hydrogens (tertiary/aromatic N) is 3. The second-order valence-electron chi connectivity index (χ2n) is 9.30. The number of sulfonamides is 1. The van der Waals surface area contributed by atoms with Crippen LogP contribution in [0, 0.1) is 11.6 Å². The second kappa shape index (κ2) is 12.2. The van der Waals surface area contributed by atoms with Crippen molar-refractivity contribution in [1.29, 1.82) is 0 Å². The van der Waals surface area contributed by atoms with Gasteiger partial charge in [-0.05, 0) is 45.0 Å². The third kappa shape index (κ3) is 7.49. The molecule has 0 aliphatic rings. The summed E-state index contributed by atoms with van der Waals surface area (Å²) in [4.78, 5) is 27.8. The number of aromatic nitrogens is 1. The predicted octanol–water partition coefficient (Wildman–Crippen LogP) is 5.97. The van der Waals surface area contributed by atoms with Gasteiger partial charge in [-0.25, -0.2) is 31.8 Å². The maximum absolute atomic E-state index is 15.4. The molecular formula is C24H26ClF2N5O6S2. The van der Waals surface area contributed by atoms with Crippen molar-refractivity contribution in [3.05, 3.63) is 57.9 Å². The standard InChI is InChI=1S/C24H26ClF2N5O6S2/c1-24(2,3)38-23(35)32(21-12-39-13-29-21)40(36,37)20-10-15(25)18(11-16(20)27)30-17-6-5-14(26)9-19(17)28-7-8-31(4)22(33)34/h5-6,9-13,28,30H,7-8H2,1-4H3,(H,33,34). The molecule has 3 aromatic rings. The molecule has 0 fully saturated rings. The molecule has 1 heterocycles. The third-order valence-corrected chi connectivity index (χ3v) is 7.64. The quantitative estimate of drug-likeness (QED) is 0.265. The van der Waals surface area contributed by atoms with Crippen LogP contribution in [0.25, 0.3) is 0 Å². The van der Waals surface area contributed by atoms with E-state index in [1.54, 1.807) is 0 Å². The molecule has 0 saturated carbocycles. The van der Waals surface area contributed by atoms with Gasteiger partial charge in [0, 0.05) is 31.6 Å². The number of amides is 2. The van der Waals surface area contributed by atoms with Gasteiger partial charge in [0.05, 0.1) is 27.6 Å². The summed E-state index contributed by atoms with van der Waals surface area (Å²) in [6.45, 7) is 4.82. The molecule has 11 nitrogen and oxygen atoms in total. The summed E-state index contributed by atoms with van der Waals surface area (Å²) >= 11 is 7.35. The molecular weight excluding hydrogens is 592 g/mol. The highest BCUT2D eigenvalue weighted by atomic mass is 35.5. The normalized spacial score (nSPS) is 11.6. The van der Waals surface area contributed by atoms with Crippen LogP contribution < -0.4 is 14.9 Å². The lowest BCUT2D eigenvalue weighted by molar-refractivity contribution is 0.0608. The molecule has 16 heteroatoms. The average Bonchev–Trinajstić information content (AvgIpc) is 3.35. The van der Waals surface area contributed by atoms with E-state index >= 15 is 4.39 Å². The molecule has 0 aliphatic heterocycles. The lowest BCUT2D eigenvalue weighted by Crippen LogP contribution is -2.41. The number of rotatable bonds is 9. The summed E-state index contributed by atoms with van der Waals surface area (Å²) in [5.41, 5.74) is 0.634. The first kappa shape index (κ1) is 30.8. The predicted molar refractivity (Wildman–Crippen MR) is 148 cm³/mol. The lowest BCUT2D eigenvalue weighted by atomic mass is 10.2. The zero-order valence-electron chi connectivity index (χ0n) is 21.7. The van der Waals surface area contributed by atoms with Gasteiger partial charge in [-0.1, -0.05) is 11.6 Å². The number of hydrogen-bond donors (Lipinski definition) is 3. The van der Waals surface area contributed by atoms with Crippen LogP contribution in [0.2, 0.25) is 5.02 Å². The minimum atomic E-state index is -4.88. The van der Waals surface area contributed by atoms with E-state index in [2.05, 4.69) is 15.6 Å². The summed E-state index contributed by atoms with van der Waals surface area (Å²) in [7, 11) is -3.51. The van der Waals surface area contributed by atoms with Gasteiger partial charge in [0.2, 0.25) is 0 Å². The first-order valence-electron chi connectivity index (χ1n) is 11.5. The fourth-order valence-corrected chi connectivity index (χ4v) is 5.42. The van der Waals surface area contributed by atoms with Gasteiger partial charge < -0.3 is 25.4 Å². The minimum Gasteiger partial charge on any atom is -0.465 e. The highest BCUT2D eigenvalue weighted by molar-refractivity contribution is 7.93. The second-order valence-corrected chi connectivity index (χ2v) is 12.2. The first-order valence-corrected chi connectivity index (χ1v) is 14.3. The number of likely N-dealkylation sites (N-methyl/N-ethyl adjacent to an activating group) is 1. The SMILES string of the molecule is CN(CCNc1cc(F)ccc1Nc1cc(F)c(S(=O)(=O)N(C(=O)OC(C)(C)C)c2cscn2)cc1Cl)C(=O)O. The molecule has 0 aliphatic carbocycles. The van der Waals surface area contributed by atoms with Crippen molar-refractivity contribution in [2.75, 3.05) is 35.1 Å². The Balaban J connectivity index is 1.94. The van der Waals surface area contributed by atoms with Gasteiger partial charge in [-0.2, -0.15) is 0 Å². The number of benzene rings is 2. The smallest absolute Gasteiger partial charge is 0.430 e. The number of carbonyl (C=O) groups is 2. The number of thiazole rings is 1. The van der Waals surface area contributed by atoms with Crippen molar-refractivity contribution in [2.24, 2.45) is 0 Å². The Morgan fingerprint density at radius 1 is 1.15 bits per heavy atom. The van der Waals surface area contributed by atoms with E-state index in [-0.39, 0.29) is 45.3 Å². The Hall–Kier alpha value is -3.69. The number of anilines is 4. The minimum absolute atomic E-state index is 0.0621. The number of halogens is 3. The van der Waals surface area contributed by atoms with Crippen LogP contribution >= 0.6 is 22.9 Å². The molecule has 3 N–H and O–H groups in total. The van der Waals surface area contributed by atoms with Gasteiger partial charge >= 0.3 is 12.2 Å². The maximum atomic E-state index is 15.4. The van der Waals surface area contributed by atoms with E-state index in [9.17, 15) is 22.4 Å². The molecule has 0 bridgehead atoms. The maximum Gasteiger partial charge on any atom is 0.430 e. The molecule has 1 aromatic heterocycles. The first-order chi connectivity index (χ1) is 18.6. The molecule has 3 rings (SSSR count). The van der Waals surface area contributed by atoms with Gasteiger partial charge in [0.15, 0.2) is 5.82 Å². The zero-order valence-corrected chi connectivity index (χ0v) is 24.1. The fraction of sp³-hybridized carbons (Fsp3) is 0.292. The Kier molecular flexibility index (Phi) is 9.43. The Morgan fingerprint density at radius 3 is 2.45 bits per heavy atom. The van der Waals surface area contributed by atoms with Crippen molar-refractivity contribution < 1.29 is 36.6 Å². The summed E-state index contributed by atoms with van der Waals surface area (Å²) < 4.78 is 61.7. The van der Waals surface area contributed by atoms with Crippen molar-refractivity contribution in [2.45, 2.75) is 31.3 Å². The van der Waals surface area contributed by atoms with Gasteiger partial charge in [0.1, 0.15) is 22.1 Å². The third-order valence-electron chi connectivity index (χ3n) is 5.07. The van der Waals surface area contributed by atoms with Crippen LogP contribution in [-0.2, 0) is 14.8 Å². The molecule has 0 atom stereocenters. The van der Waals surface area contributed by atoms with Crippen LogP contribution in [0.15, 0.2) is 46.1 Å². The van der Waals surface area contributed by atoms with Gasteiger partial charge in [-0.3, -0.25) is 0 Å². The van der Waals surface area contributed by atoms with E-state index in [0.29, 0.717) is 0 Å². The average molecular weight is 618 g/mol. The van der Waals surface area contributed by atoms with E-state index in [4.69, 9.17) is 21.4 Å². The molecule has 0 radical (unpaired) electrons. The molecule has 0 saturated heterocycles. The topological polar surface area (TPSA) is 141 Å². The van der Waals surface area contributed by atoms with E-state index in [1.165, 1.54) is 44.8 Å².